The molecule has 4 saturated carbocycles. The molecule has 0 aromatic rings. The highest BCUT2D eigenvalue weighted by atomic mass is 19.4. The molecule has 1 spiro atoms. The first kappa shape index (κ1) is 92.3. The lowest BCUT2D eigenvalue weighted by atomic mass is 9.58. The van der Waals surface area contributed by atoms with Gasteiger partial charge in [0, 0.05) is 95.2 Å². The molecule has 3 saturated heterocycles. The number of carbonyl (C=O) groups excluding carboxylic acids is 12. The van der Waals surface area contributed by atoms with Crippen molar-refractivity contribution in [3.63, 3.8) is 0 Å². The molecule has 0 aromatic heterocycles. The first-order chi connectivity index (χ1) is 53.4. The van der Waals surface area contributed by atoms with Crippen LogP contribution >= 0.6 is 0 Å². The number of alkyl halides is 8. The number of nitrogens with one attached hydrogen (secondary N) is 3. The zero-order valence-electron chi connectivity index (χ0n) is 68.7. The van der Waals surface area contributed by atoms with Crippen molar-refractivity contribution < 1.29 is 102 Å². The minimum atomic E-state index is -5.22. The van der Waals surface area contributed by atoms with Crippen LogP contribution in [0.2, 0.25) is 0 Å². The van der Waals surface area contributed by atoms with Crippen molar-refractivity contribution in [2.24, 2.45) is 46.8 Å². The second-order valence-electron chi connectivity index (χ2n) is 34.9. The molecule has 114 heavy (non-hydrogen) atoms. The number of carbonyl (C=O) groups is 12. The summed E-state index contributed by atoms with van der Waals surface area (Å²) in [5.41, 5.74) is -2.38. The lowest BCUT2D eigenvalue weighted by Crippen LogP contribution is -2.71. The van der Waals surface area contributed by atoms with Crippen LogP contribution in [0.5, 0.6) is 0 Å². The number of fused-ring (bicyclic) bond motifs is 3. The second-order valence-corrected chi connectivity index (χ2v) is 34.9. The smallest absolute Gasteiger partial charge is 0.381 e. The minimum Gasteiger partial charge on any atom is -0.381 e. The molecule has 4 aliphatic carbocycles. The van der Waals surface area contributed by atoms with Crippen LogP contribution in [0.3, 0.4) is 0 Å². The van der Waals surface area contributed by atoms with Crippen molar-refractivity contribution in [2.75, 3.05) is 102 Å². The molecule has 34 heteroatoms. The predicted octanol–water partition coefficient (Wildman–Crippen LogP) is 7.15. The van der Waals surface area contributed by atoms with Gasteiger partial charge in [0.2, 0.25) is 70.9 Å². The molecule has 8 aliphatic rings. The van der Waals surface area contributed by atoms with Gasteiger partial charge in [-0.3, -0.25) is 57.5 Å². The van der Waals surface area contributed by atoms with Crippen molar-refractivity contribution in [1.82, 2.24) is 60.0 Å². The van der Waals surface area contributed by atoms with Crippen LogP contribution in [-0.2, 0) is 67.0 Å². The normalized spacial score (nSPS) is 32.1. The molecule has 0 radical (unpaired) electrons. The Bertz CT molecular complexity index is 3420. The van der Waals surface area contributed by atoms with Crippen LogP contribution < -0.4 is 16.0 Å². The molecular formula is C80H124F8N12O14. The highest BCUT2D eigenvalue weighted by molar-refractivity contribution is 6.01. The fourth-order valence-electron chi connectivity index (χ4n) is 19.1. The zero-order valence-corrected chi connectivity index (χ0v) is 68.7. The van der Waals surface area contributed by atoms with E-state index in [2.05, 4.69) is 16.0 Å². The third-order valence-corrected chi connectivity index (χ3v) is 25.3. The maximum atomic E-state index is 15.9. The van der Waals surface area contributed by atoms with Crippen molar-refractivity contribution in [1.29, 1.82) is 0 Å². The minimum absolute atomic E-state index is 0.00832. The van der Waals surface area contributed by atoms with Gasteiger partial charge in [0.15, 0.2) is 0 Å². The molecule has 4 heterocycles. The lowest BCUT2D eigenvalue weighted by molar-refractivity contribution is -0.219. The number of ether oxygens (including phenoxy) is 2. The summed E-state index contributed by atoms with van der Waals surface area (Å²) in [6.07, 6.45) is -13.2. The standard InChI is InChI=1S/C80H124F8N12O14/c1-14-32-92(7)71(107)60-41-63(102)96(11)58(36-47(3)4)68(104)90-66(50-30-34-113-35-31-50)74(110)94(9)44-64(103)95(10)57-23-17-16-20-33-99(73(57)109)61(39-48-24-27-52(28-25-48)79(83,84)85)72(108)93(8)43-62(101)89-56(29-26-49-37-54(81)65(55(82)38-49)80(86,87)88)70(106)100-42-53(114-15-2)40-59(100)69(105)91-78(45-77(5,6)46-78)76(112)98(13)67(75(111)97(60)12)51-21-18-19-22-51/h16-17,47-61,65-67H,14-15,18-46H2,1-13H3,(H,89,101)(H,90,104)(H,91,105)/b17-16-/t48?,49?,52?,53-,54?,55?,56+,57+,58+,59+,60+,61+,65?,66+,67+/m1/s1. The van der Waals surface area contributed by atoms with Gasteiger partial charge < -0.3 is 69.5 Å². The molecule has 2 bridgehead atoms. The monoisotopic (exact) mass is 1630 g/mol. The van der Waals surface area contributed by atoms with Gasteiger partial charge in [-0.2, -0.15) is 26.3 Å². The molecule has 3 N–H and O–H groups in total. The molecule has 7 fully saturated rings. The summed E-state index contributed by atoms with van der Waals surface area (Å²) in [6.45, 7) is 9.57. The van der Waals surface area contributed by atoms with Crippen molar-refractivity contribution in [3.8, 4) is 0 Å². The Hall–Kier alpha value is -7.26. The summed E-state index contributed by atoms with van der Waals surface area (Å²) in [4.78, 5) is 195. The number of halogens is 8. The maximum Gasteiger partial charge on any atom is 0.397 e. The van der Waals surface area contributed by atoms with E-state index in [0.29, 0.717) is 32.1 Å². The number of hydrogen-bond acceptors (Lipinski definition) is 14. The summed E-state index contributed by atoms with van der Waals surface area (Å²) in [5.74, 6) is -17.1. The van der Waals surface area contributed by atoms with Crippen molar-refractivity contribution in [2.45, 2.75) is 274 Å². The number of amides is 12. The van der Waals surface area contributed by atoms with Crippen LogP contribution in [0.4, 0.5) is 35.1 Å². The summed E-state index contributed by atoms with van der Waals surface area (Å²) >= 11 is 0. The largest absolute Gasteiger partial charge is 0.397 e. The van der Waals surface area contributed by atoms with E-state index >= 15 is 51.9 Å². The topological polar surface area (TPSA) is 289 Å². The molecule has 644 valence electrons. The van der Waals surface area contributed by atoms with Crippen LogP contribution in [-0.4, -0.2) is 302 Å². The van der Waals surface area contributed by atoms with Gasteiger partial charge in [0.05, 0.1) is 31.5 Å². The van der Waals surface area contributed by atoms with E-state index in [0.717, 1.165) is 24.5 Å². The molecule has 12 amide bonds. The van der Waals surface area contributed by atoms with E-state index in [4.69, 9.17) is 9.47 Å². The summed E-state index contributed by atoms with van der Waals surface area (Å²) < 4.78 is 128. The van der Waals surface area contributed by atoms with Crippen LogP contribution in [0, 0.1) is 46.8 Å². The Morgan fingerprint density at radius 2 is 1.27 bits per heavy atom. The second kappa shape index (κ2) is 39.3. The van der Waals surface area contributed by atoms with E-state index in [-0.39, 0.29) is 135 Å². The maximum absolute atomic E-state index is 15.9. The first-order valence-corrected chi connectivity index (χ1v) is 41.0. The lowest BCUT2D eigenvalue weighted by Gasteiger charge is -2.54. The van der Waals surface area contributed by atoms with E-state index in [1.165, 1.54) is 68.9 Å². The highest BCUT2D eigenvalue weighted by Crippen LogP contribution is 2.50. The first-order valence-electron chi connectivity index (χ1n) is 41.0. The molecule has 0 aromatic carbocycles. The molecular weight excluding hydrogens is 1500 g/mol. The van der Waals surface area contributed by atoms with Gasteiger partial charge in [-0.15, -0.1) is 0 Å². The Kier molecular flexibility index (Phi) is 31.8. The number of rotatable bonds is 14. The van der Waals surface area contributed by atoms with Crippen LogP contribution in [0.15, 0.2) is 12.2 Å². The highest BCUT2D eigenvalue weighted by Gasteiger charge is 2.60. The Morgan fingerprint density at radius 1 is 0.649 bits per heavy atom. The van der Waals surface area contributed by atoms with E-state index in [1.54, 1.807) is 19.1 Å². The van der Waals surface area contributed by atoms with Gasteiger partial charge in [-0.1, -0.05) is 59.6 Å². The fraction of sp³-hybridized carbons (Fsp3) is 0.825. The predicted molar refractivity (Wildman–Crippen MR) is 404 cm³/mol. The fourth-order valence-corrected chi connectivity index (χ4v) is 19.1. The SMILES string of the molecule is CCCN(C)C(=O)[C@@H]1CC(=O)N(C)[C@@H](CC(C)C)C(=O)N[C@@H](C2CCOCC2)C(=O)N(C)CC(=O)N(C)[C@H]2C/C=C\CCN(C2=O)[C@@H](CC2CCC(C(F)(F)F)CC2)C(=O)N(C)CC(=O)N[C@@H](CCC2CC(F)C(C(F)(F)F)C(F)C2)C(=O)N2C[C@H](OCC)C[C@H]2C(=O)NC2(CC(C)(C)C2)C(=O)N(C)[C@@H](C2CCCC2)C(=O)N1C. The van der Waals surface area contributed by atoms with Crippen LogP contribution in [0.1, 0.15) is 189 Å². The molecule has 11 atom stereocenters. The van der Waals surface area contributed by atoms with Crippen LogP contribution in [0.25, 0.3) is 0 Å². The Labute approximate surface area is 665 Å². The van der Waals surface area contributed by atoms with Gasteiger partial charge in [0.1, 0.15) is 72.1 Å². The van der Waals surface area contributed by atoms with Gasteiger partial charge in [0.25, 0.3) is 0 Å². The Balaban J connectivity index is 1.23. The molecule has 8 rings (SSSR count). The van der Waals surface area contributed by atoms with Gasteiger partial charge in [-0.25, -0.2) is 8.78 Å². The average molecular weight is 1630 g/mol. The summed E-state index contributed by atoms with van der Waals surface area (Å²) in [7, 11) is 9.61. The number of hydrogen-bond donors (Lipinski definition) is 3. The average Bonchev–Trinajstić information content (AvgIpc) is 0.884. The Morgan fingerprint density at radius 3 is 1.85 bits per heavy atom. The summed E-state index contributed by atoms with van der Waals surface area (Å²) in [5, 5.41) is 8.58. The van der Waals surface area contributed by atoms with Gasteiger partial charge >= 0.3 is 12.4 Å². The summed E-state index contributed by atoms with van der Waals surface area (Å²) in [6, 6.07) is -11.5. The molecule has 26 nitrogen and oxygen atoms in total. The molecule has 2 unspecified atom stereocenters. The quantitative estimate of drug-likeness (QED) is 0.115. The number of likely N-dealkylation sites (N-methyl/N-ethyl adjacent to an activating group) is 7. The molecule has 4 aliphatic heterocycles. The van der Waals surface area contributed by atoms with E-state index in [9.17, 15) is 40.7 Å². The van der Waals surface area contributed by atoms with E-state index < -0.39 is 235 Å². The third-order valence-electron chi connectivity index (χ3n) is 25.3. The zero-order chi connectivity index (χ0) is 84.4. The van der Waals surface area contributed by atoms with Crippen molar-refractivity contribution in [3.05, 3.63) is 12.2 Å². The third kappa shape index (κ3) is 22.5. The van der Waals surface area contributed by atoms with E-state index in [1.807, 2.05) is 34.6 Å². The van der Waals surface area contributed by atoms with Gasteiger partial charge in [-0.05, 0) is 164 Å². The number of nitrogens with zero attached hydrogens (tertiary/aromatic N) is 9. The van der Waals surface area contributed by atoms with Crippen molar-refractivity contribution >= 4 is 70.9 Å².